The predicted molar refractivity (Wildman–Crippen MR) is 93.1 cm³/mol. The molecule has 0 bridgehead atoms. The van der Waals surface area contributed by atoms with E-state index in [4.69, 9.17) is 0 Å². The number of aryl methyl sites for hydroxylation is 1. The van der Waals surface area contributed by atoms with Crippen molar-refractivity contribution in [2.45, 2.75) is 19.8 Å². The monoisotopic (exact) mass is 378 g/mol. The Morgan fingerprint density at radius 3 is 3.05 bits per heavy atom. The molecule has 0 atom stereocenters. The zero-order valence-corrected chi connectivity index (χ0v) is 14.7. The molecule has 0 aliphatic carbocycles. The first kappa shape index (κ1) is 15.2. The van der Waals surface area contributed by atoms with E-state index in [1.54, 1.807) is 4.68 Å². The molecule has 0 saturated heterocycles. The summed E-state index contributed by atoms with van der Waals surface area (Å²) < 4.78 is 7.08. The Morgan fingerprint density at radius 1 is 1.45 bits per heavy atom. The summed E-state index contributed by atoms with van der Waals surface area (Å²) in [5, 5.41) is 9.08. The number of fused-ring (bicyclic) bond motifs is 1. The Balaban J connectivity index is 1.93. The number of hydrogen-bond acceptors (Lipinski definition) is 4. The minimum Gasteiger partial charge on any atom is -0.315 e. The fraction of sp³-hybridized carbons (Fsp3) is 0.267. The first-order valence-corrected chi connectivity index (χ1v) is 8.54. The van der Waals surface area contributed by atoms with Crippen LogP contribution in [0.3, 0.4) is 0 Å². The van der Waals surface area contributed by atoms with Gasteiger partial charge in [0.1, 0.15) is 10.7 Å². The van der Waals surface area contributed by atoms with Crippen LogP contribution in [0.1, 0.15) is 19.8 Å². The van der Waals surface area contributed by atoms with Crippen LogP contribution < -0.4 is 5.32 Å². The third-order valence-corrected chi connectivity index (χ3v) is 5.05. The maximum atomic E-state index is 11.7. The van der Waals surface area contributed by atoms with Gasteiger partial charge in [-0.3, -0.25) is 9.48 Å². The molecule has 1 aromatic carbocycles. The summed E-state index contributed by atoms with van der Waals surface area (Å²) in [6.07, 6.45) is 3.32. The molecule has 5 nitrogen and oxygen atoms in total. The molecule has 0 fully saturated rings. The van der Waals surface area contributed by atoms with Crippen molar-refractivity contribution < 1.29 is 4.79 Å². The normalized spacial score (nSPS) is 11.0. The van der Waals surface area contributed by atoms with Gasteiger partial charge in [0.25, 0.3) is 0 Å². The number of benzene rings is 1. The lowest BCUT2D eigenvalue weighted by Gasteiger charge is -2.02. The molecule has 1 N–H and O–H groups in total. The van der Waals surface area contributed by atoms with Crippen molar-refractivity contribution in [2.75, 3.05) is 5.32 Å². The SMILES string of the molecule is CCCC(=O)Nc1snc(-c2ccc3nn(C)cc3c2)c1Br. The van der Waals surface area contributed by atoms with Gasteiger partial charge in [-0.25, -0.2) is 0 Å². The fourth-order valence-electron chi connectivity index (χ4n) is 2.25. The molecule has 0 radical (unpaired) electrons. The van der Waals surface area contributed by atoms with Gasteiger partial charge >= 0.3 is 0 Å². The molecule has 0 aliphatic rings. The fourth-order valence-corrected chi connectivity index (χ4v) is 3.72. The number of nitrogens with one attached hydrogen (secondary N) is 1. The number of carbonyl (C=O) groups is 1. The lowest BCUT2D eigenvalue weighted by molar-refractivity contribution is -0.116. The van der Waals surface area contributed by atoms with E-state index in [-0.39, 0.29) is 5.91 Å². The summed E-state index contributed by atoms with van der Waals surface area (Å²) >= 11 is 4.84. The molecule has 114 valence electrons. The van der Waals surface area contributed by atoms with Crippen LogP contribution in [0.2, 0.25) is 0 Å². The zero-order chi connectivity index (χ0) is 15.7. The highest BCUT2D eigenvalue weighted by Gasteiger charge is 2.15. The average molecular weight is 379 g/mol. The minimum absolute atomic E-state index is 0.0149. The van der Waals surface area contributed by atoms with Crippen molar-refractivity contribution in [3.8, 4) is 11.3 Å². The molecule has 22 heavy (non-hydrogen) atoms. The zero-order valence-electron chi connectivity index (χ0n) is 12.3. The number of hydrogen-bond donors (Lipinski definition) is 1. The Morgan fingerprint density at radius 2 is 2.27 bits per heavy atom. The van der Waals surface area contributed by atoms with E-state index >= 15 is 0 Å². The molecule has 1 amide bonds. The summed E-state index contributed by atoms with van der Waals surface area (Å²) in [7, 11) is 1.90. The van der Waals surface area contributed by atoms with Crippen molar-refractivity contribution >= 4 is 49.3 Å². The van der Waals surface area contributed by atoms with Gasteiger partial charge in [-0.2, -0.15) is 9.47 Å². The van der Waals surface area contributed by atoms with Gasteiger partial charge in [-0.15, -0.1) is 0 Å². The molecule has 0 aliphatic heterocycles. The molecule has 0 saturated carbocycles. The molecule has 3 rings (SSSR count). The first-order chi connectivity index (χ1) is 10.6. The van der Waals surface area contributed by atoms with Gasteiger partial charge in [-0.1, -0.05) is 13.0 Å². The van der Waals surface area contributed by atoms with Crippen LogP contribution in [-0.4, -0.2) is 20.1 Å². The third-order valence-electron chi connectivity index (χ3n) is 3.26. The number of nitrogens with zero attached hydrogens (tertiary/aromatic N) is 3. The lowest BCUT2D eigenvalue weighted by Crippen LogP contribution is -2.09. The van der Waals surface area contributed by atoms with Crippen LogP contribution in [-0.2, 0) is 11.8 Å². The van der Waals surface area contributed by atoms with Crippen molar-refractivity contribution in [2.24, 2.45) is 7.05 Å². The Hall–Kier alpha value is -1.73. The van der Waals surface area contributed by atoms with E-state index in [0.717, 1.165) is 38.1 Å². The average Bonchev–Trinajstić information content (AvgIpc) is 3.01. The summed E-state index contributed by atoms with van der Waals surface area (Å²) in [6, 6.07) is 6.03. The molecule has 0 unspecified atom stereocenters. The van der Waals surface area contributed by atoms with E-state index in [0.29, 0.717) is 6.42 Å². The van der Waals surface area contributed by atoms with Crippen molar-refractivity contribution in [3.63, 3.8) is 0 Å². The second-order valence-corrected chi connectivity index (χ2v) is 6.62. The standard InChI is InChI=1S/C15H15BrN4OS/c1-3-4-12(21)17-15-13(16)14(19-22-15)9-5-6-11-10(7-9)8-20(2)18-11/h5-8H,3-4H2,1-2H3,(H,17,21). The van der Waals surface area contributed by atoms with Gasteiger partial charge in [0.05, 0.1) is 9.99 Å². The van der Waals surface area contributed by atoms with E-state index in [9.17, 15) is 4.79 Å². The smallest absolute Gasteiger partial charge is 0.225 e. The Labute approximate surface area is 140 Å². The maximum absolute atomic E-state index is 11.7. The predicted octanol–water partition coefficient (Wildman–Crippen LogP) is 4.20. The van der Waals surface area contributed by atoms with Crippen molar-refractivity contribution in [3.05, 3.63) is 28.9 Å². The molecule has 7 heteroatoms. The van der Waals surface area contributed by atoms with E-state index in [1.165, 1.54) is 11.5 Å². The van der Waals surface area contributed by atoms with E-state index < -0.39 is 0 Å². The van der Waals surface area contributed by atoms with Gasteiger partial charge in [0.15, 0.2) is 0 Å². The van der Waals surface area contributed by atoms with Crippen molar-refractivity contribution in [1.82, 2.24) is 14.2 Å². The summed E-state index contributed by atoms with van der Waals surface area (Å²) in [5.41, 5.74) is 2.79. The van der Waals surface area contributed by atoms with E-state index in [2.05, 4.69) is 36.8 Å². The molecular weight excluding hydrogens is 364 g/mol. The second kappa shape index (κ2) is 6.18. The molecular formula is C15H15BrN4OS. The Kier molecular flexibility index (Phi) is 4.26. The molecule has 0 spiro atoms. The highest BCUT2D eigenvalue weighted by Crippen LogP contribution is 2.37. The summed E-state index contributed by atoms with van der Waals surface area (Å²) in [6.45, 7) is 1.98. The Bertz CT molecular complexity index is 839. The van der Waals surface area contributed by atoms with Gasteiger partial charge in [0.2, 0.25) is 5.91 Å². The topological polar surface area (TPSA) is 59.8 Å². The number of amides is 1. The van der Waals surface area contributed by atoms with Gasteiger partial charge in [0, 0.05) is 30.6 Å². The van der Waals surface area contributed by atoms with Crippen LogP contribution in [0.4, 0.5) is 5.00 Å². The van der Waals surface area contributed by atoms with Crippen LogP contribution in [0, 0.1) is 0 Å². The van der Waals surface area contributed by atoms with Crippen LogP contribution in [0.5, 0.6) is 0 Å². The highest BCUT2D eigenvalue weighted by atomic mass is 79.9. The third kappa shape index (κ3) is 2.91. The quantitative estimate of drug-likeness (QED) is 0.739. The number of rotatable bonds is 4. The molecule has 3 aromatic rings. The summed E-state index contributed by atoms with van der Waals surface area (Å²) in [5.74, 6) is 0.0149. The lowest BCUT2D eigenvalue weighted by atomic mass is 10.1. The second-order valence-electron chi connectivity index (χ2n) is 5.05. The van der Waals surface area contributed by atoms with Gasteiger partial charge < -0.3 is 5.32 Å². The summed E-state index contributed by atoms with van der Waals surface area (Å²) in [4.78, 5) is 11.7. The highest BCUT2D eigenvalue weighted by molar-refractivity contribution is 9.10. The van der Waals surface area contributed by atoms with Crippen LogP contribution >= 0.6 is 27.5 Å². The van der Waals surface area contributed by atoms with Crippen LogP contribution in [0.15, 0.2) is 28.9 Å². The molecule has 2 aromatic heterocycles. The van der Waals surface area contributed by atoms with Gasteiger partial charge in [-0.05, 0) is 46.0 Å². The largest absolute Gasteiger partial charge is 0.315 e. The first-order valence-electron chi connectivity index (χ1n) is 6.97. The van der Waals surface area contributed by atoms with Crippen molar-refractivity contribution in [1.29, 1.82) is 0 Å². The maximum Gasteiger partial charge on any atom is 0.225 e. The molecule has 2 heterocycles. The van der Waals surface area contributed by atoms with E-state index in [1.807, 2.05) is 32.3 Å². The minimum atomic E-state index is 0.0149. The number of aromatic nitrogens is 3. The number of anilines is 1. The number of carbonyl (C=O) groups excluding carboxylic acids is 1. The van der Waals surface area contributed by atoms with Crippen LogP contribution in [0.25, 0.3) is 22.2 Å². The number of halogens is 1.